The van der Waals surface area contributed by atoms with Crippen molar-refractivity contribution in [1.29, 1.82) is 0 Å². The summed E-state index contributed by atoms with van der Waals surface area (Å²) < 4.78 is 6.09. The van der Waals surface area contributed by atoms with Crippen LogP contribution in [0.4, 0.5) is 11.4 Å². The molecule has 0 fully saturated rings. The minimum atomic E-state index is -0.425. The molecule has 0 atom stereocenters. The smallest absolute Gasteiger partial charge is 0.204 e. The molecule has 1 heterocycles. The number of hydrogen-bond acceptors (Lipinski definition) is 6. The van der Waals surface area contributed by atoms with Gasteiger partial charge in [0.15, 0.2) is 11.5 Å². The standard InChI is InChI=1S/C36H36N2O4/c1-5-37(6-2)27-18-14-25(15-19-27)32(26-16-20-28(21-17-26)38(7-3)8-4)33-30(39)22-31(40)34-35(41)29(23-42-36(33)34)24-12-10-9-11-13-24/h9-23,40H,5-8H2,1-4H3. The zero-order valence-corrected chi connectivity index (χ0v) is 24.6. The highest BCUT2D eigenvalue weighted by Crippen LogP contribution is 2.39. The van der Waals surface area contributed by atoms with Crippen molar-refractivity contribution in [3.8, 4) is 11.1 Å². The van der Waals surface area contributed by atoms with Crippen LogP contribution in [-0.2, 0) is 4.79 Å². The second-order valence-corrected chi connectivity index (χ2v) is 10.1. The van der Waals surface area contributed by atoms with E-state index in [1.807, 2.05) is 78.9 Å². The zero-order valence-electron chi connectivity index (χ0n) is 24.6. The fourth-order valence-corrected chi connectivity index (χ4v) is 5.63. The molecule has 1 aliphatic rings. The van der Waals surface area contributed by atoms with Gasteiger partial charge in [0.2, 0.25) is 5.43 Å². The highest BCUT2D eigenvalue weighted by atomic mass is 16.3. The van der Waals surface area contributed by atoms with E-state index in [-0.39, 0.29) is 16.9 Å². The summed E-state index contributed by atoms with van der Waals surface area (Å²) in [5.41, 5.74) is 5.23. The summed E-state index contributed by atoms with van der Waals surface area (Å²) in [4.78, 5) is 31.9. The number of carbonyl (C=O) groups excluding carboxylic acids is 1. The van der Waals surface area contributed by atoms with Crippen molar-refractivity contribution in [1.82, 2.24) is 0 Å². The molecule has 4 aromatic rings. The van der Waals surface area contributed by atoms with Gasteiger partial charge in [-0.2, -0.15) is 0 Å². The molecule has 0 radical (unpaired) electrons. The van der Waals surface area contributed by atoms with Crippen LogP contribution in [0.1, 0.15) is 50.1 Å². The molecule has 0 aliphatic heterocycles. The van der Waals surface area contributed by atoms with E-state index in [2.05, 4.69) is 37.5 Å². The van der Waals surface area contributed by atoms with E-state index < -0.39 is 17.0 Å². The van der Waals surface area contributed by atoms with E-state index in [4.69, 9.17) is 4.42 Å². The van der Waals surface area contributed by atoms with Gasteiger partial charge < -0.3 is 19.3 Å². The first-order valence-electron chi connectivity index (χ1n) is 14.5. The molecule has 0 bridgehead atoms. The quantitative estimate of drug-likeness (QED) is 0.215. The Kier molecular flexibility index (Phi) is 8.43. The predicted octanol–water partition coefficient (Wildman–Crippen LogP) is 7.44. The third-order valence-corrected chi connectivity index (χ3v) is 7.89. The minimum absolute atomic E-state index is 0.0111. The summed E-state index contributed by atoms with van der Waals surface area (Å²) in [5.74, 6) is -0.745. The lowest BCUT2D eigenvalue weighted by molar-refractivity contribution is -0.109. The summed E-state index contributed by atoms with van der Waals surface area (Å²) >= 11 is 0. The fraction of sp³-hybridized carbons (Fsp3) is 0.222. The van der Waals surface area contributed by atoms with E-state index in [1.165, 1.54) is 6.26 Å². The monoisotopic (exact) mass is 560 g/mol. The molecule has 1 aromatic heterocycles. The Morgan fingerprint density at radius 1 is 0.714 bits per heavy atom. The minimum Gasteiger partial charge on any atom is -0.507 e. The van der Waals surface area contributed by atoms with Gasteiger partial charge in [0.1, 0.15) is 17.6 Å². The molecule has 0 saturated carbocycles. The van der Waals surface area contributed by atoms with Crippen molar-refractivity contribution < 1.29 is 14.3 Å². The fourth-order valence-electron chi connectivity index (χ4n) is 5.63. The van der Waals surface area contributed by atoms with E-state index >= 15 is 0 Å². The molecule has 6 heteroatoms. The normalized spacial score (nSPS) is 12.5. The van der Waals surface area contributed by atoms with Gasteiger partial charge in [0.05, 0.1) is 11.1 Å². The molecular formula is C36H36N2O4. The topological polar surface area (TPSA) is 74.0 Å². The van der Waals surface area contributed by atoms with Gasteiger partial charge in [-0.25, -0.2) is 0 Å². The number of benzene rings is 3. The van der Waals surface area contributed by atoms with Crippen LogP contribution in [-0.4, -0.2) is 37.1 Å². The molecule has 1 aliphatic carbocycles. The molecule has 3 aromatic carbocycles. The Morgan fingerprint density at radius 2 is 1.21 bits per heavy atom. The average Bonchev–Trinajstić information content (AvgIpc) is 3.01. The molecule has 0 amide bonds. The Bertz CT molecular complexity index is 1630. The van der Waals surface area contributed by atoms with Crippen LogP contribution < -0.4 is 15.2 Å². The number of carbonyl (C=O) groups is 1. The molecule has 0 saturated heterocycles. The van der Waals surface area contributed by atoms with Crippen LogP contribution in [0, 0.1) is 0 Å². The largest absolute Gasteiger partial charge is 0.507 e. The van der Waals surface area contributed by atoms with Gasteiger partial charge in [0, 0.05) is 49.2 Å². The molecule has 0 unspecified atom stereocenters. The molecule has 5 rings (SSSR count). The number of aliphatic hydroxyl groups is 1. The van der Waals surface area contributed by atoms with E-state index in [0.717, 1.165) is 54.8 Å². The van der Waals surface area contributed by atoms with Crippen LogP contribution in [0.3, 0.4) is 0 Å². The van der Waals surface area contributed by atoms with Gasteiger partial charge in [-0.05, 0) is 68.7 Å². The summed E-state index contributed by atoms with van der Waals surface area (Å²) in [6.07, 6.45) is 2.50. The Morgan fingerprint density at radius 3 is 1.69 bits per heavy atom. The lowest BCUT2D eigenvalue weighted by Crippen LogP contribution is -2.22. The van der Waals surface area contributed by atoms with Crippen molar-refractivity contribution in [2.24, 2.45) is 0 Å². The Hall–Kier alpha value is -4.84. The van der Waals surface area contributed by atoms with Crippen molar-refractivity contribution in [3.63, 3.8) is 0 Å². The molecule has 1 N–H and O–H groups in total. The summed E-state index contributed by atoms with van der Waals surface area (Å²) in [6, 6.07) is 25.3. The Labute approximate surface area is 246 Å². The third kappa shape index (κ3) is 5.28. The second kappa shape index (κ2) is 12.4. The number of anilines is 2. The number of fused-ring (bicyclic) bond motifs is 1. The van der Waals surface area contributed by atoms with Crippen LogP contribution in [0.25, 0.3) is 28.0 Å². The van der Waals surface area contributed by atoms with Crippen molar-refractivity contribution in [2.45, 2.75) is 27.7 Å². The van der Waals surface area contributed by atoms with Crippen molar-refractivity contribution in [2.75, 3.05) is 36.0 Å². The summed E-state index contributed by atoms with van der Waals surface area (Å²) in [6.45, 7) is 12.0. The number of aliphatic hydroxyl groups excluding tert-OH is 1. The highest BCUT2D eigenvalue weighted by molar-refractivity contribution is 6.36. The van der Waals surface area contributed by atoms with Gasteiger partial charge in [-0.1, -0.05) is 54.6 Å². The van der Waals surface area contributed by atoms with Crippen molar-refractivity contribution >= 4 is 34.1 Å². The third-order valence-electron chi connectivity index (χ3n) is 7.89. The number of nitrogens with zero attached hydrogens (tertiary/aromatic N) is 2. The number of allylic oxidation sites excluding steroid dienone is 2. The van der Waals surface area contributed by atoms with Gasteiger partial charge in [0.25, 0.3) is 0 Å². The predicted molar refractivity (Wildman–Crippen MR) is 172 cm³/mol. The SMILES string of the molecule is CCN(CC)c1ccc(C(=C2C(=O)C=C(O)c3c2occ(-c2ccccc2)c3=O)c2ccc(N(CC)CC)cc2)cc1. The Balaban J connectivity index is 1.76. The highest BCUT2D eigenvalue weighted by Gasteiger charge is 2.32. The lowest BCUT2D eigenvalue weighted by atomic mass is 9.85. The summed E-state index contributed by atoms with van der Waals surface area (Å²) in [5, 5.41) is 10.9. The molecule has 214 valence electrons. The molecule has 0 spiro atoms. The maximum Gasteiger partial charge on any atom is 0.204 e. The summed E-state index contributed by atoms with van der Waals surface area (Å²) in [7, 11) is 0. The van der Waals surface area contributed by atoms with Gasteiger partial charge >= 0.3 is 0 Å². The van der Waals surface area contributed by atoms with Gasteiger partial charge in [-0.3, -0.25) is 9.59 Å². The van der Waals surface area contributed by atoms with Crippen LogP contribution in [0.15, 0.2) is 100 Å². The van der Waals surface area contributed by atoms with E-state index in [1.54, 1.807) is 0 Å². The van der Waals surface area contributed by atoms with Gasteiger partial charge in [-0.15, -0.1) is 0 Å². The first-order valence-corrected chi connectivity index (χ1v) is 14.5. The zero-order chi connectivity index (χ0) is 29.8. The second-order valence-electron chi connectivity index (χ2n) is 10.1. The maximum absolute atomic E-state index is 13.7. The first kappa shape index (κ1) is 28.7. The number of hydrogen-bond donors (Lipinski definition) is 1. The number of ketones is 1. The van der Waals surface area contributed by atoms with Crippen LogP contribution >= 0.6 is 0 Å². The first-order chi connectivity index (χ1) is 20.4. The van der Waals surface area contributed by atoms with Crippen molar-refractivity contribution in [3.05, 3.63) is 124 Å². The van der Waals surface area contributed by atoms with Crippen LogP contribution in [0.2, 0.25) is 0 Å². The van der Waals surface area contributed by atoms with E-state index in [0.29, 0.717) is 16.7 Å². The lowest BCUT2D eigenvalue weighted by Gasteiger charge is -2.24. The maximum atomic E-state index is 13.7. The molecule has 6 nitrogen and oxygen atoms in total. The average molecular weight is 561 g/mol. The molecule has 42 heavy (non-hydrogen) atoms. The number of rotatable bonds is 9. The van der Waals surface area contributed by atoms with Crippen LogP contribution in [0.5, 0.6) is 0 Å². The molecular weight excluding hydrogens is 524 g/mol. The van der Waals surface area contributed by atoms with E-state index in [9.17, 15) is 14.7 Å².